The predicted octanol–water partition coefficient (Wildman–Crippen LogP) is 5.73. The molecule has 2 heterocycles. The van der Waals surface area contributed by atoms with E-state index in [2.05, 4.69) is 5.32 Å². The summed E-state index contributed by atoms with van der Waals surface area (Å²) in [6, 6.07) is 11.9. The fourth-order valence-electron chi connectivity index (χ4n) is 3.17. The van der Waals surface area contributed by atoms with Crippen LogP contribution in [0.1, 0.15) is 18.4 Å². The molecule has 25 heavy (non-hydrogen) atoms. The van der Waals surface area contributed by atoms with Crippen LogP contribution in [-0.4, -0.2) is 16.3 Å². The fraction of sp³-hybridized carbons (Fsp3) is 0.211. The molecule has 1 aliphatic heterocycles. The summed E-state index contributed by atoms with van der Waals surface area (Å²) in [7, 11) is 0. The monoisotopic (exact) mass is 375 g/mol. The Kier molecular flexibility index (Phi) is 4.40. The number of hydrogen-bond acceptors (Lipinski definition) is 2. The van der Waals surface area contributed by atoms with Gasteiger partial charge in [0.2, 0.25) is 0 Å². The van der Waals surface area contributed by atoms with E-state index >= 15 is 0 Å². The number of halogens is 3. The van der Waals surface area contributed by atoms with Gasteiger partial charge >= 0.3 is 0 Å². The molecular formula is C19H16Cl2FN3. The lowest BCUT2D eigenvalue weighted by molar-refractivity contribution is 0.627. The third-order valence-electron chi connectivity index (χ3n) is 4.41. The molecule has 0 atom stereocenters. The molecule has 4 rings (SSSR count). The normalized spacial score (nSPS) is 13.9. The molecule has 0 spiro atoms. The molecule has 128 valence electrons. The van der Waals surface area contributed by atoms with Crippen LogP contribution in [0.4, 0.5) is 10.2 Å². The molecule has 0 bridgehead atoms. The number of nitrogens with one attached hydrogen (secondary N) is 1. The average molecular weight is 376 g/mol. The smallest absolute Gasteiger partial charge is 0.133 e. The molecule has 1 aliphatic rings. The van der Waals surface area contributed by atoms with Gasteiger partial charge in [0.05, 0.1) is 21.4 Å². The minimum atomic E-state index is -0.270. The molecule has 3 nitrogen and oxygen atoms in total. The largest absolute Gasteiger partial charge is 0.370 e. The number of rotatable bonds is 2. The van der Waals surface area contributed by atoms with Crippen molar-refractivity contribution in [2.75, 3.05) is 11.9 Å². The Balaban J connectivity index is 1.93. The highest BCUT2D eigenvalue weighted by Gasteiger charge is 2.23. The number of benzene rings is 2. The van der Waals surface area contributed by atoms with Crippen molar-refractivity contribution in [2.24, 2.45) is 0 Å². The standard InChI is InChI=1S/C19H16Cl2FN3/c20-16-6-3-5-14(17(16)21)18-15-4-1-2-11-23-19(15)25(24-18)13-9-7-12(22)8-10-13/h3,5-10,23H,1-2,4,11H2. The molecule has 0 radical (unpaired) electrons. The zero-order valence-corrected chi connectivity index (χ0v) is 14.9. The van der Waals surface area contributed by atoms with Crippen molar-refractivity contribution >= 4 is 29.0 Å². The van der Waals surface area contributed by atoms with Crippen molar-refractivity contribution in [3.05, 3.63) is 63.9 Å². The van der Waals surface area contributed by atoms with Crippen LogP contribution in [0.25, 0.3) is 16.9 Å². The Bertz CT molecular complexity index is 919. The van der Waals surface area contributed by atoms with E-state index in [1.165, 1.54) is 12.1 Å². The second-order valence-corrected chi connectivity index (χ2v) is 6.83. The van der Waals surface area contributed by atoms with E-state index in [-0.39, 0.29) is 5.82 Å². The van der Waals surface area contributed by atoms with Gasteiger partial charge in [-0.05, 0) is 49.6 Å². The van der Waals surface area contributed by atoms with Crippen LogP contribution in [0.5, 0.6) is 0 Å². The van der Waals surface area contributed by atoms with Gasteiger partial charge in [0.15, 0.2) is 0 Å². The van der Waals surface area contributed by atoms with Gasteiger partial charge < -0.3 is 5.32 Å². The molecule has 6 heteroatoms. The minimum absolute atomic E-state index is 0.270. The molecule has 1 N–H and O–H groups in total. The first-order valence-electron chi connectivity index (χ1n) is 8.21. The molecule has 0 saturated heterocycles. The summed E-state index contributed by atoms with van der Waals surface area (Å²) in [5.41, 5.74) is 3.55. The van der Waals surface area contributed by atoms with Gasteiger partial charge in [0, 0.05) is 17.7 Å². The number of nitrogens with zero attached hydrogens (tertiary/aromatic N) is 2. The van der Waals surface area contributed by atoms with Gasteiger partial charge in [-0.3, -0.25) is 0 Å². The molecule has 0 aliphatic carbocycles. The maximum Gasteiger partial charge on any atom is 0.133 e. The number of aromatic nitrogens is 2. The third kappa shape index (κ3) is 3.00. The van der Waals surface area contributed by atoms with Gasteiger partial charge in [-0.15, -0.1) is 0 Å². The zero-order chi connectivity index (χ0) is 17.4. The fourth-order valence-corrected chi connectivity index (χ4v) is 3.56. The summed E-state index contributed by atoms with van der Waals surface area (Å²) in [5.74, 6) is 0.670. The summed E-state index contributed by atoms with van der Waals surface area (Å²) >= 11 is 12.6. The molecular weight excluding hydrogens is 360 g/mol. The van der Waals surface area contributed by atoms with Crippen molar-refractivity contribution in [3.8, 4) is 16.9 Å². The zero-order valence-electron chi connectivity index (χ0n) is 13.4. The van der Waals surface area contributed by atoms with Crippen LogP contribution in [0.15, 0.2) is 42.5 Å². The van der Waals surface area contributed by atoms with E-state index in [1.54, 1.807) is 18.2 Å². The van der Waals surface area contributed by atoms with Crippen molar-refractivity contribution in [3.63, 3.8) is 0 Å². The first kappa shape index (κ1) is 16.4. The van der Waals surface area contributed by atoms with E-state index in [4.69, 9.17) is 28.3 Å². The number of fused-ring (bicyclic) bond motifs is 1. The first-order valence-corrected chi connectivity index (χ1v) is 8.97. The van der Waals surface area contributed by atoms with Crippen molar-refractivity contribution in [1.82, 2.24) is 9.78 Å². The van der Waals surface area contributed by atoms with Gasteiger partial charge in [0.1, 0.15) is 11.6 Å². The van der Waals surface area contributed by atoms with E-state index in [0.29, 0.717) is 10.0 Å². The highest BCUT2D eigenvalue weighted by Crippen LogP contribution is 2.39. The summed E-state index contributed by atoms with van der Waals surface area (Å²) in [5, 5.41) is 9.26. The van der Waals surface area contributed by atoms with Crippen LogP contribution in [-0.2, 0) is 6.42 Å². The lowest BCUT2D eigenvalue weighted by Gasteiger charge is -2.09. The topological polar surface area (TPSA) is 29.9 Å². The van der Waals surface area contributed by atoms with Crippen LogP contribution >= 0.6 is 23.2 Å². The van der Waals surface area contributed by atoms with Crippen LogP contribution in [0.2, 0.25) is 10.0 Å². The van der Waals surface area contributed by atoms with E-state index in [0.717, 1.165) is 54.1 Å². The molecule has 0 saturated carbocycles. The molecule has 0 amide bonds. The lowest BCUT2D eigenvalue weighted by atomic mass is 10.0. The van der Waals surface area contributed by atoms with Crippen molar-refractivity contribution < 1.29 is 4.39 Å². The van der Waals surface area contributed by atoms with Gasteiger partial charge in [-0.25, -0.2) is 9.07 Å². The second kappa shape index (κ2) is 6.70. The Morgan fingerprint density at radius 2 is 1.84 bits per heavy atom. The molecule has 2 aromatic carbocycles. The first-order chi connectivity index (χ1) is 12.1. The van der Waals surface area contributed by atoms with Gasteiger partial charge in [0.25, 0.3) is 0 Å². The number of hydrogen-bond donors (Lipinski definition) is 1. The quantitative estimate of drug-likeness (QED) is 0.619. The lowest BCUT2D eigenvalue weighted by Crippen LogP contribution is -2.07. The third-order valence-corrected chi connectivity index (χ3v) is 5.23. The summed E-state index contributed by atoms with van der Waals surface area (Å²) in [4.78, 5) is 0. The van der Waals surface area contributed by atoms with Crippen LogP contribution < -0.4 is 5.32 Å². The Morgan fingerprint density at radius 3 is 2.64 bits per heavy atom. The maximum absolute atomic E-state index is 13.3. The highest BCUT2D eigenvalue weighted by molar-refractivity contribution is 6.43. The molecule has 3 aromatic rings. The SMILES string of the molecule is Fc1ccc(-n2nc(-c3cccc(Cl)c3Cl)c3c2NCCCC3)cc1. The summed E-state index contributed by atoms with van der Waals surface area (Å²) in [6.45, 7) is 0.878. The Hall–Kier alpha value is -2.04. The van der Waals surface area contributed by atoms with E-state index in [9.17, 15) is 4.39 Å². The molecule has 0 unspecified atom stereocenters. The van der Waals surface area contributed by atoms with Crippen molar-refractivity contribution in [1.29, 1.82) is 0 Å². The van der Waals surface area contributed by atoms with Crippen molar-refractivity contribution in [2.45, 2.75) is 19.3 Å². The summed E-state index contributed by atoms with van der Waals surface area (Å²) < 4.78 is 15.1. The average Bonchev–Trinajstić information content (AvgIpc) is 2.80. The Labute approximate surface area is 155 Å². The minimum Gasteiger partial charge on any atom is -0.370 e. The van der Waals surface area contributed by atoms with Gasteiger partial charge in [-0.2, -0.15) is 5.10 Å². The predicted molar refractivity (Wildman–Crippen MR) is 100 cm³/mol. The Morgan fingerprint density at radius 1 is 1.04 bits per heavy atom. The highest BCUT2D eigenvalue weighted by atomic mass is 35.5. The second-order valence-electron chi connectivity index (χ2n) is 6.05. The van der Waals surface area contributed by atoms with E-state index in [1.807, 2.05) is 16.8 Å². The summed E-state index contributed by atoms with van der Waals surface area (Å²) in [6.07, 6.45) is 3.06. The van der Waals surface area contributed by atoms with Crippen LogP contribution in [0, 0.1) is 5.82 Å². The maximum atomic E-state index is 13.3. The number of anilines is 1. The molecule has 1 aromatic heterocycles. The van der Waals surface area contributed by atoms with Gasteiger partial charge in [-0.1, -0.05) is 35.3 Å². The van der Waals surface area contributed by atoms with Crippen LogP contribution in [0.3, 0.4) is 0 Å². The van der Waals surface area contributed by atoms with E-state index < -0.39 is 0 Å². The molecule has 0 fully saturated rings.